The Morgan fingerprint density at radius 3 is 2.25 bits per heavy atom. The summed E-state index contributed by atoms with van der Waals surface area (Å²) in [6, 6.07) is 18.8. The van der Waals surface area contributed by atoms with Crippen LogP contribution in [0.2, 0.25) is 0 Å². The molecule has 4 aromatic rings. The van der Waals surface area contributed by atoms with E-state index in [1.54, 1.807) is 26.5 Å². The van der Waals surface area contributed by atoms with E-state index in [9.17, 15) is 22.7 Å². The normalized spacial score (nSPS) is 14.6. The quantitative estimate of drug-likeness (QED) is 0.227. The molecule has 0 bridgehead atoms. The molecule has 1 aliphatic carbocycles. The molecule has 8 nitrogen and oxygen atoms in total. The fourth-order valence-corrected chi connectivity index (χ4v) is 7.23. The summed E-state index contributed by atoms with van der Waals surface area (Å²) in [7, 11) is -1.17. The van der Waals surface area contributed by atoms with E-state index in [4.69, 9.17) is 9.47 Å². The Morgan fingerprint density at radius 1 is 1.02 bits per heavy atom. The second-order valence-electron chi connectivity index (χ2n) is 11.4. The van der Waals surface area contributed by atoms with E-state index in [0.29, 0.717) is 35.1 Å². The monoisotopic (exact) mass is 620 g/mol. The SMILES string of the molecule is COc1cc([C@@H](O)[C@@H](CC2Cc3ccccc3C2)Cn2ccc(CC(=O)NS(=O)(=O)c3ccccc3F)c2)cc(OC)c1C. The third kappa shape index (κ3) is 6.97. The second-order valence-corrected chi connectivity index (χ2v) is 13.0. The number of hydrogen-bond donors (Lipinski definition) is 2. The summed E-state index contributed by atoms with van der Waals surface area (Å²) in [6.07, 6.45) is 5.17. The lowest BCUT2D eigenvalue weighted by Gasteiger charge is -2.27. The van der Waals surface area contributed by atoms with Crippen molar-refractivity contribution in [2.75, 3.05) is 14.2 Å². The predicted octanol–water partition coefficient (Wildman–Crippen LogP) is 5.16. The smallest absolute Gasteiger partial charge is 0.266 e. The van der Waals surface area contributed by atoms with Crippen LogP contribution in [0.4, 0.5) is 4.39 Å². The van der Waals surface area contributed by atoms with E-state index in [0.717, 1.165) is 37.0 Å². The van der Waals surface area contributed by atoms with Gasteiger partial charge in [-0.25, -0.2) is 17.5 Å². The number of nitrogens with one attached hydrogen (secondary N) is 1. The summed E-state index contributed by atoms with van der Waals surface area (Å²) in [6.45, 7) is 2.36. The molecule has 5 rings (SSSR count). The first-order chi connectivity index (χ1) is 21.1. The molecule has 2 atom stereocenters. The van der Waals surface area contributed by atoms with Crippen molar-refractivity contribution in [3.05, 3.63) is 113 Å². The fourth-order valence-electron chi connectivity index (χ4n) is 6.17. The van der Waals surface area contributed by atoms with E-state index in [-0.39, 0.29) is 12.3 Å². The number of sulfonamides is 1. The van der Waals surface area contributed by atoms with Crippen LogP contribution in [0.5, 0.6) is 11.5 Å². The average molecular weight is 621 g/mol. The highest BCUT2D eigenvalue weighted by Gasteiger charge is 2.30. The Hall–Kier alpha value is -4.15. The van der Waals surface area contributed by atoms with Crippen molar-refractivity contribution in [3.63, 3.8) is 0 Å². The molecule has 2 N–H and O–H groups in total. The van der Waals surface area contributed by atoms with E-state index < -0.39 is 32.7 Å². The van der Waals surface area contributed by atoms with Crippen molar-refractivity contribution in [2.24, 2.45) is 11.8 Å². The maximum absolute atomic E-state index is 14.0. The van der Waals surface area contributed by atoms with Gasteiger partial charge in [0.25, 0.3) is 10.0 Å². The minimum atomic E-state index is -4.35. The molecule has 0 saturated carbocycles. The summed E-state index contributed by atoms with van der Waals surface area (Å²) >= 11 is 0. The van der Waals surface area contributed by atoms with Crippen LogP contribution in [0.25, 0.3) is 0 Å². The number of aliphatic hydroxyl groups excluding tert-OH is 1. The molecule has 232 valence electrons. The fraction of sp³-hybridized carbons (Fsp3) is 0.324. The average Bonchev–Trinajstić information content (AvgIpc) is 3.62. The van der Waals surface area contributed by atoms with Crippen molar-refractivity contribution in [2.45, 2.75) is 50.2 Å². The highest BCUT2D eigenvalue weighted by molar-refractivity contribution is 7.90. The second kappa shape index (κ2) is 13.2. The molecular formula is C34H37FN2O6S. The van der Waals surface area contributed by atoms with Gasteiger partial charge in [0, 0.05) is 30.4 Å². The number of amides is 1. The van der Waals surface area contributed by atoms with Gasteiger partial charge in [-0.3, -0.25) is 4.79 Å². The molecule has 0 unspecified atom stereocenters. The van der Waals surface area contributed by atoms with E-state index in [1.807, 2.05) is 34.5 Å². The van der Waals surface area contributed by atoms with Crippen LogP contribution in [0.15, 0.2) is 84.0 Å². The molecule has 3 aromatic carbocycles. The summed E-state index contributed by atoms with van der Waals surface area (Å²) in [4.78, 5) is 12.1. The van der Waals surface area contributed by atoms with Gasteiger partial charge in [-0.2, -0.15) is 0 Å². The molecule has 10 heteroatoms. The predicted molar refractivity (Wildman–Crippen MR) is 165 cm³/mol. The zero-order valence-electron chi connectivity index (χ0n) is 25.0. The molecule has 1 amide bonds. The first-order valence-electron chi connectivity index (χ1n) is 14.5. The number of carbonyl (C=O) groups excluding carboxylic acids is 1. The van der Waals surface area contributed by atoms with Crippen molar-refractivity contribution in [3.8, 4) is 11.5 Å². The van der Waals surface area contributed by atoms with Gasteiger partial charge in [0.05, 0.1) is 26.7 Å². The Balaban J connectivity index is 1.34. The van der Waals surface area contributed by atoms with Crippen LogP contribution < -0.4 is 14.2 Å². The third-order valence-corrected chi connectivity index (χ3v) is 9.74. The first-order valence-corrected chi connectivity index (χ1v) is 16.0. The molecule has 0 saturated heterocycles. The van der Waals surface area contributed by atoms with Gasteiger partial charge in [0.15, 0.2) is 0 Å². The van der Waals surface area contributed by atoms with Crippen LogP contribution in [0.1, 0.15) is 40.3 Å². The van der Waals surface area contributed by atoms with Crippen molar-refractivity contribution >= 4 is 15.9 Å². The number of nitrogens with zero attached hydrogens (tertiary/aromatic N) is 1. The maximum Gasteiger partial charge on any atom is 0.266 e. The van der Waals surface area contributed by atoms with Gasteiger partial charge in [-0.05, 0) is 84.7 Å². The lowest BCUT2D eigenvalue weighted by atomic mass is 9.85. The highest BCUT2D eigenvalue weighted by Crippen LogP contribution is 2.39. The topological polar surface area (TPSA) is 107 Å². The van der Waals surface area contributed by atoms with Gasteiger partial charge in [-0.1, -0.05) is 36.4 Å². The molecule has 1 aromatic heterocycles. The van der Waals surface area contributed by atoms with Gasteiger partial charge in [0.1, 0.15) is 22.2 Å². The number of methoxy groups -OCH3 is 2. The van der Waals surface area contributed by atoms with E-state index >= 15 is 0 Å². The number of rotatable bonds is 12. The minimum absolute atomic E-state index is 0.193. The number of hydrogen-bond acceptors (Lipinski definition) is 6. The molecule has 1 aliphatic rings. The number of carbonyl (C=O) groups is 1. The zero-order chi connectivity index (χ0) is 31.4. The minimum Gasteiger partial charge on any atom is -0.496 e. The summed E-state index contributed by atoms with van der Waals surface area (Å²) in [5, 5.41) is 11.8. The molecule has 44 heavy (non-hydrogen) atoms. The number of aromatic nitrogens is 1. The van der Waals surface area contributed by atoms with Crippen LogP contribution in [-0.2, 0) is 40.6 Å². The number of fused-ring (bicyclic) bond motifs is 1. The molecule has 0 fully saturated rings. The Labute approximate surface area is 257 Å². The van der Waals surface area contributed by atoms with Crippen LogP contribution in [0, 0.1) is 24.6 Å². The maximum atomic E-state index is 14.0. The van der Waals surface area contributed by atoms with Crippen LogP contribution in [0.3, 0.4) is 0 Å². The molecule has 0 aliphatic heterocycles. The van der Waals surface area contributed by atoms with Crippen molar-refractivity contribution < 1.29 is 32.2 Å². The number of halogens is 1. The summed E-state index contributed by atoms with van der Waals surface area (Å²) < 4.78 is 54.1. The summed E-state index contributed by atoms with van der Waals surface area (Å²) in [5.41, 5.74) is 4.80. The lowest BCUT2D eigenvalue weighted by molar-refractivity contribution is -0.118. The van der Waals surface area contributed by atoms with Crippen molar-refractivity contribution in [1.82, 2.24) is 9.29 Å². The van der Waals surface area contributed by atoms with Crippen LogP contribution >= 0.6 is 0 Å². The van der Waals surface area contributed by atoms with Gasteiger partial charge in [-0.15, -0.1) is 0 Å². The van der Waals surface area contributed by atoms with E-state index in [1.165, 1.54) is 23.3 Å². The highest BCUT2D eigenvalue weighted by atomic mass is 32.2. The third-order valence-electron chi connectivity index (χ3n) is 8.33. The molecule has 0 radical (unpaired) electrons. The molecule has 0 spiro atoms. The largest absolute Gasteiger partial charge is 0.496 e. The Morgan fingerprint density at radius 2 is 1.64 bits per heavy atom. The first kappa shape index (κ1) is 31.3. The standard InChI is InChI=1S/C34H37FN2O6S/c1-22-30(42-2)18-27(19-31(22)43-3)34(39)28(16-24-14-25-8-4-5-9-26(25)15-24)21-37-13-12-23(20-37)17-33(38)36-44(40,41)32-11-7-6-10-29(32)35/h4-13,18-20,24,28,34,39H,14-17,21H2,1-3H3,(H,36,38)/t28-,34+/m0/s1. The Bertz CT molecular complexity index is 1700. The van der Waals surface area contributed by atoms with Crippen molar-refractivity contribution in [1.29, 1.82) is 0 Å². The van der Waals surface area contributed by atoms with E-state index in [2.05, 4.69) is 24.3 Å². The lowest BCUT2D eigenvalue weighted by Crippen LogP contribution is -2.32. The van der Waals surface area contributed by atoms with Crippen LogP contribution in [-0.4, -0.2) is 38.2 Å². The molecular weight excluding hydrogens is 583 g/mol. The molecule has 1 heterocycles. The number of benzene rings is 3. The Kier molecular flexibility index (Phi) is 9.41. The summed E-state index contributed by atoms with van der Waals surface area (Å²) in [5.74, 6) is -0.287. The van der Waals surface area contributed by atoms with Gasteiger partial charge in [0.2, 0.25) is 5.91 Å². The van der Waals surface area contributed by atoms with Gasteiger partial charge < -0.3 is 19.1 Å². The number of aliphatic hydroxyl groups is 1. The van der Waals surface area contributed by atoms with Gasteiger partial charge >= 0.3 is 0 Å². The number of ether oxygens (including phenoxy) is 2. The zero-order valence-corrected chi connectivity index (χ0v) is 25.8.